The number of hydrogen-bond donors (Lipinski definition) is 0. The zero-order valence-electron chi connectivity index (χ0n) is 13.2. The smallest absolute Gasteiger partial charge is 0.0365 e. The van der Waals surface area contributed by atoms with E-state index < -0.39 is 0 Å². The first-order valence-electron chi connectivity index (χ1n) is 7.84. The van der Waals surface area contributed by atoms with Gasteiger partial charge in [-0.1, -0.05) is 54.9 Å². The van der Waals surface area contributed by atoms with Crippen LogP contribution < -0.4 is 0 Å². The number of hydrogen-bond acceptors (Lipinski definition) is 0. The van der Waals surface area contributed by atoms with E-state index in [2.05, 4.69) is 48.5 Å². The summed E-state index contributed by atoms with van der Waals surface area (Å²) < 4.78 is 0. The summed E-state index contributed by atoms with van der Waals surface area (Å²) in [4.78, 5) is 0. The maximum Gasteiger partial charge on any atom is -0.0365 e. The largest absolute Gasteiger partial charge is 0.0625 e. The van der Waals surface area contributed by atoms with Gasteiger partial charge in [0.1, 0.15) is 0 Å². The van der Waals surface area contributed by atoms with E-state index in [-0.39, 0.29) is 0 Å². The van der Waals surface area contributed by atoms with Gasteiger partial charge in [0, 0.05) is 0 Å². The first-order chi connectivity index (χ1) is 7.84. The molecule has 0 bridgehead atoms. The van der Waals surface area contributed by atoms with Crippen molar-refractivity contribution in [3.63, 3.8) is 0 Å². The third-order valence-electron chi connectivity index (χ3n) is 5.75. The summed E-state index contributed by atoms with van der Waals surface area (Å²) in [6, 6.07) is 0. The predicted molar refractivity (Wildman–Crippen MR) is 78.0 cm³/mol. The lowest BCUT2D eigenvalue weighted by molar-refractivity contribution is 0.0876. The molecule has 1 fully saturated rings. The Morgan fingerprint density at radius 1 is 0.824 bits per heavy atom. The maximum absolute atomic E-state index is 2.50. The van der Waals surface area contributed by atoms with Gasteiger partial charge in [0.15, 0.2) is 0 Å². The molecular formula is C17H34. The average molecular weight is 238 g/mol. The second kappa shape index (κ2) is 6.25. The average Bonchev–Trinajstić information content (AvgIpc) is 2.24. The van der Waals surface area contributed by atoms with Crippen molar-refractivity contribution in [3.8, 4) is 0 Å². The molecule has 0 saturated heterocycles. The zero-order valence-corrected chi connectivity index (χ0v) is 13.2. The van der Waals surface area contributed by atoms with Gasteiger partial charge in [0.2, 0.25) is 0 Å². The fraction of sp³-hybridized carbons (Fsp3) is 1.00. The molecule has 17 heavy (non-hydrogen) atoms. The second-order valence-electron chi connectivity index (χ2n) is 7.42. The molecule has 1 aliphatic rings. The molecule has 0 radical (unpaired) electrons. The Bertz CT molecular complexity index is 208. The first kappa shape index (κ1) is 15.1. The molecule has 102 valence electrons. The molecule has 0 nitrogen and oxygen atoms in total. The molecule has 0 N–H and O–H groups in total. The molecule has 4 unspecified atom stereocenters. The van der Waals surface area contributed by atoms with Crippen molar-refractivity contribution >= 4 is 0 Å². The third kappa shape index (κ3) is 3.73. The lowest BCUT2D eigenvalue weighted by Gasteiger charge is -2.41. The van der Waals surface area contributed by atoms with Gasteiger partial charge >= 0.3 is 0 Å². The van der Waals surface area contributed by atoms with Crippen molar-refractivity contribution in [3.05, 3.63) is 0 Å². The summed E-state index contributed by atoms with van der Waals surface area (Å²) in [5, 5.41) is 0. The van der Waals surface area contributed by atoms with Gasteiger partial charge in [-0.15, -0.1) is 0 Å². The lowest BCUT2D eigenvalue weighted by atomic mass is 9.64. The van der Waals surface area contributed by atoms with Crippen LogP contribution in [-0.4, -0.2) is 0 Å². The molecule has 0 aliphatic heterocycles. The fourth-order valence-electron chi connectivity index (χ4n) is 3.95. The highest BCUT2D eigenvalue weighted by molar-refractivity contribution is 4.83. The molecule has 1 rings (SSSR count). The molecule has 1 saturated carbocycles. The van der Waals surface area contributed by atoms with Gasteiger partial charge in [0.05, 0.1) is 0 Å². The standard InChI is InChI=1S/C17H34/c1-11(2)17(12(3)4)10-16-9-8-13(5)14(6)15(16)7/h11-17H,8-10H2,1-7H3. The zero-order chi connectivity index (χ0) is 13.2. The first-order valence-corrected chi connectivity index (χ1v) is 7.84. The van der Waals surface area contributed by atoms with Crippen LogP contribution in [0.15, 0.2) is 0 Å². The fourth-order valence-corrected chi connectivity index (χ4v) is 3.95. The van der Waals surface area contributed by atoms with Crippen LogP contribution in [-0.2, 0) is 0 Å². The van der Waals surface area contributed by atoms with Crippen LogP contribution >= 0.6 is 0 Å². The molecule has 0 aromatic heterocycles. The number of rotatable bonds is 4. The van der Waals surface area contributed by atoms with Gasteiger partial charge in [0.25, 0.3) is 0 Å². The SMILES string of the molecule is CC(C)C(CC1CCC(C)C(C)C1C)C(C)C. The van der Waals surface area contributed by atoms with E-state index in [0.717, 1.165) is 41.4 Å². The van der Waals surface area contributed by atoms with Crippen molar-refractivity contribution in [1.82, 2.24) is 0 Å². The Labute approximate surface area is 110 Å². The van der Waals surface area contributed by atoms with Crippen LogP contribution in [0.3, 0.4) is 0 Å². The Morgan fingerprint density at radius 3 is 1.82 bits per heavy atom. The van der Waals surface area contributed by atoms with Crippen molar-refractivity contribution < 1.29 is 0 Å². The minimum atomic E-state index is 0.844. The molecule has 0 heterocycles. The van der Waals surface area contributed by atoms with E-state index >= 15 is 0 Å². The van der Waals surface area contributed by atoms with Crippen molar-refractivity contribution in [2.24, 2.45) is 41.4 Å². The minimum absolute atomic E-state index is 0.844. The van der Waals surface area contributed by atoms with E-state index in [9.17, 15) is 0 Å². The topological polar surface area (TPSA) is 0 Å². The summed E-state index contributed by atoms with van der Waals surface area (Å²) >= 11 is 0. The van der Waals surface area contributed by atoms with E-state index in [1.807, 2.05) is 0 Å². The summed E-state index contributed by atoms with van der Waals surface area (Å²) in [6.07, 6.45) is 4.40. The normalized spacial score (nSPS) is 34.9. The van der Waals surface area contributed by atoms with Gasteiger partial charge < -0.3 is 0 Å². The summed E-state index contributed by atoms with van der Waals surface area (Å²) in [5.74, 6) is 6.39. The van der Waals surface area contributed by atoms with Crippen LogP contribution in [0.5, 0.6) is 0 Å². The van der Waals surface area contributed by atoms with Gasteiger partial charge in [-0.25, -0.2) is 0 Å². The van der Waals surface area contributed by atoms with Crippen molar-refractivity contribution in [1.29, 1.82) is 0 Å². The van der Waals surface area contributed by atoms with Crippen molar-refractivity contribution in [2.45, 2.75) is 67.7 Å². The molecular weight excluding hydrogens is 204 g/mol. The van der Waals surface area contributed by atoms with Crippen LogP contribution in [0.4, 0.5) is 0 Å². The highest BCUT2D eigenvalue weighted by Gasteiger charge is 2.33. The quantitative estimate of drug-likeness (QED) is 0.596. The summed E-state index contributed by atoms with van der Waals surface area (Å²) in [5.41, 5.74) is 0. The van der Waals surface area contributed by atoms with E-state index in [0.29, 0.717) is 0 Å². The second-order valence-corrected chi connectivity index (χ2v) is 7.42. The minimum Gasteiger partial charge on any atom is -0.0625 e. The van der Waals surface area contributed by atoms with Crippen molar-refractivity contribution in [2.75, 3.05) is 0 Å². The van der Waals surface area contributed by atoms with E-state index in [1.165, 1.54) is 19.3 Å². The monoisotopic (exact) mass is 238 g/mol. The van der Waals surface area contributed by atoms with Gasteiger partial charge in [-0.3, -0.25) is 0 Å². The predicted octanol–water partition coefficient (Wildman–Crippen LogP) is 5.62. The van der Waals surface area contributed by atoms with Crippen LogP contribution in [0.1, 0.15) is 67.7 Å². The molecule has 4 atom stereocenters. The van der Waals surface area contributed by atoms with Crippen LogP contribution in [0, 0.1) is 41.4 Å². The van der Waals surface area contributed by atoms with Gasteiger partial charge in [-0.05, 0) is 54.3 Å². The lowest BCUT2D eigenvalue weighted by Crippen LogP contribution is -2.32. The van der Waals surface area contributed by atoms with Crippen LogP contribution in [0.25, 0.3) is 0 Å². The Kier molecular flexibility index (Phi) is 5.54. The Balaban J connectivity index is 2.61. The van der Waals surface area contributed by atoms with E-state index in [1.54, 1.807) is 0 Å². The van der Waals surface area contributed by atoms with Gasteiger partial charge in [-0.2, -0.15) is 0 Å². The molecule has 1 aliphatic carbocycles. The maximum atomic E-state index is 2.50. The van der Waals surface area contributed by atoms with Crippen LogP contribution in [0.2, 0.25) is 0 Å². The molecule has 0 aromatic carbocycles. The Hall–Kier alpha value is 0. The third-order valence-corrected chi connectivity index (χ3v) is 5.75. The Morgan fingerprint density at radius 2 is 1.35 bits per heavy atom. The van der Waals surface area contributed by atoms with E-state index in [4.69, 9.17) is 0 Å². The molecule has 0 amide bonds. The highest BCUT2D eigenvalue weighted by Crippen LogP contribution is 2.43. The highest BCUT2D eigenvalue weighted by atomic mass is 14.4. The molecule has 0 heteroatoms. The summed E-state index contributed by atoms with van der Waals surface area (Å²) in [7, 11) is 0. The molecule has 0 spiro atoms. The summed E-state index contributed by atoms with van der Waals surface area (Å²) in [6.45, 7) is 17.0. The molecule has 0 aromatic rings.